The van der Waals surface area contributed by atoms with Crippen molar-refractivity contribution in [3.8, 4) is 5.75 Å². The molecule has 6 nitrogen and oxygen atoms in total. The molecule has 8 heteroatoms. The summed E-state index contributed by atoms with van der Waals surface area (Å²) in [5.41, 5.74) is 2.89. The molecule has 0 spiro atoms. The molecule has 2 aromatic carbocycles. The number of carbonyl (C=O) groups is 1. The third kappa shape index (κ3) is 6.95. The molecule has 31 heavy (non-hydrogen) atoms. The monoisotopic (exact) mass is 464 g/mol. The fraction of sp³-hybridized carbons (Fsp3) is 0.435. The van der Waals surface area contributed by atoms with Crippen molar-refractivity contribution in [2.24, 2.45) is 5.92 Å². The summed E-state index contributed by atoms with van der Waals surface area (Å²) in [5, 5.41) is 3.38. The maximum Gasteiger partial charge on any atom is 0.224 e. The van der Waals surface area contributed by atoms with Crippen molar-refractivity contribution in [1.29, 1.82) is 0 Å². The van der Waals surface area contributed by atoms with Crippen LogP contribution in [0.1, 0.15) is 29.5 Å². The van der Waals surface area contributed by atoms with Gasteiger partial charge in [0.05, 0.1) is 18.2 Å². The number of halogens is 1. The van der Waals surface area contributed by atoms with E-state index in [9.17, 15) is 13.2 Å². The highest BCUT2D eigenvalue weighted by molar-refractivity contribution is 7.88. The van der Waals surface area contributed by atoms with Crippen LogP contribution in [0.3, 0.4) is 0 Å². The molecule has 1 aliphatic rings. The molecule has 168 valence electrons. The normalized spacial score (nSPS) is 17.3. The predicted molar refractivity (Wildman–Crippen MR) is 123 cm³/mol. The van der Waals surface area contributed by atoms with Crippen LogP contribution in [-0.2, 0) is 20.6 Å². The number of nitrogens with one attached hydrogen (secondary N) is 1. The van der Waals surface area contributed by atoms with Crippen molar-refractivity contribution in [1.82, 2.24) is 9.62 Å². The number of rotatable bonds is 8. The van der Waals surface area contributed by atoms with Crippen molar-refractivity contribution < 1.29 is 17.9 Å². The number of carbonyl (C=O) groups excluding carboxylic acids is 1. The topological polar surface area (TPSA) is 75.7 Å². The lowest BCUT2D eigenvalue weighted by Crippen LogP contribution is -2.46. The van der Waals surface area contributed by atoms with Crippen LogP contribution in [0.15, 0.2) is 42.5 Å². The van der Waals surface area contributed by atoms with Crippen molar-refractivity contribution in [3.63, 3.8) is 0 Å². The number of sulfonamides is 1. The molecule has 2 aromatic rings. The van der Waals surface area contributed by atoms with E-state index in [1.54, 1.807) is 24.3 Å². The quantitative estimate of drug-likeness (QED) is 0.604. The highest BCUT2D eigenvalue weighted by atomic mass is 35.5. The summed E-state index contributed by atoms with van der Waals surface area (Å²) < 4.78 is 32.8. The van der Waals surface area contributed by atoms with Gasteiger partial charge in [-0.2, -0.15) is 0 Å². The zero-order valence-corrected chi connectivity index (χ0v) is 19.5. The number of aryl methyl sites for hydroxylation is 2. The van der Waals surface area contributed by atoms with Gasteiger partial charge in [0.25, 0.3) is 0 Å². The molecule has 1 aliphatic heterocycles. The molecule has 1 amide bonds. The lowest BCUT2D eigenvalue weighted by atomic mass is 9.99. The maximum absolute atomic E-state index is 12.8. The second-order valence-electron chi connectivity index (χ2n) is 8.05. The molecule has 0 saturated carbocycles. The van der Waals surface area contributed by atoms with Gasteiger partial charge in [0, 0.05) is 18.1 Å². The van der Waals surface area contributed by atoms with E-state index in [0.717, 1.165) is 16.9 Å². The van der Waals surface area contributed by atoms with E-state index in [4.69, 9.17) is 16.3 Å². The van der Waals surface area contributed by atoms with E-state index in [-0.39, 0.29) is 24.1 Å². The molecule has 1 atom stereocenters. The Labute approximate surface area is 189 Å². The van der Waals surface area contributed by atoms with Crippen LogP contribution in [0.2, 0.25) is 5.02 Å². The zero-order valence-electron chi connectivity index (χ0n) is 17.9. The Hall–Kier alpha value is -2.09. The van der Waals surface area contributed by atoms with Gasteiger partial charge in [-0.3, -0.25) is 4.79 Å². The highest BCUT2D eigenvalue weighted by Crippen LogP contribution is 2.22. The smallest absolute Gasteiger partial charge is 0.224 e. The van der Waals surface area contributed by atoms with Gasteiger partial charge in [0.15, 0.2) is 0 Å². The number of benzene rings is 2. The standard InChI is InChI=1S/C23H29ClN2O4S/c1-17-11-18(2)13-22(12-17)30-10-8-25-23(27)20-6-4-9-26(15-20)31(28,29)16-19-5-3-7-21(24)14-19/h3,5,7,11-14,20H,4,6,8-10,15-16H2,1-2H3,(H,25,27). The molecule has 1 fully saturated rings. The zero-order chi connectivity index (χ0) is 22.4. The van der Waals surface area contributed by atoms with Crippen molar-refractivity contribution in [2.75, 3.05) is 26.2 Å². The first kappa shape index (κ1) is 23.6. The van der Waals surface area contributed by atoms with E-state index < -0.39 is 10.0 Å². The van der Waals surface area contributed by atoms with Crippen LogP contribution in [0.5, 0.6) is 5.75 Å². The van der Waals surface area contributed by atoms with Crippen LogP contribution in [0, 0.1) is 19.8 Å². The Morgan fingerprint density at radius 2 is 1.94 bits per heavy atom. The van der Waals surface area contributed by atoms with Gasteiger partial charge in [-0.1, -0.05) is 29.8 Å². The number of ether oxygens (including phenoxy) is 1. The summed E-state index contributed by atoms with van der Waals surface area (Å²) in [6.07, 6.45) is 1.33. The van der Waals surface area contributed by atoms with E-state index >= 15 is 0 Å². The van der Waals surface area contributed by atoms with Gasteiger partial charge in [-0.15, -0.1) is 0 Å². The van der Waals surface area contributed by atoms with Crippen molar-refractivity contribution in [2.45, 2.75) is 32.4 Å². The molecule has 1 unspecified atom stereocenters. The van der Waals surface area contributed by atoms with Gasteiger partial charge in [0.2, 0.25) is 15.9 Å². The first-order valence-corrected chi connectivity index (χ1v) is 12.4. The van der Waals surface area contributed by atoms with E-state index in [1.165, 1.54) is 4.31 Å². The Kier molecular flexibility index (Phi) is 7.97. The highest BCUT2D eigenvalue weighted by Gasteiger charge is 2.32. The van der Waals surface area contributed by atoms with Crippen LogP contribution in [-0.4, -0.2) is 44.9 Å². The van der Waals surface area contributed by atoms with Gasteiger partial charge in [-0.25, -0.2) is 12.7 Å². The minimum Gasteiger partial charge on any atom is -0.492 e. The van der Waals surface area contributed by atoms with Gasteiger partial charge in [-0.05, 0) is 67.6 Å². The molecule has 1 heterocycles. The SMILES string of the molecule is Cc1cc(C)cc(OCCNC(=O)C2CCCN(S(=O)(=O)Cc3cccc(Cl)c3)C2)c1. The summed E-state index contributed by atoms with van der Waals surface area (Å²) in [5.74, 6) is 0.171. The Bertz CT molecular complexity index is 1010. The minimum absolute atomic E-state index is 0.119. The summed E-state index contributed by atoms with van der Waals surface area (Å²) in [6, 6.07) is 12.8. The minimum atomic E-state index is -3.52. The van der Waals surface area contributed by atoms with E-state index in [2.05, 4.69) is 11.4 Å². The maximum atomic E-state index is 12.8. The number of amides is 1. The Morgan fingerprint density at radius 1 is 1.19 bits per heavy atom. The predicted octanol–water partition coefficient (Wildman–Crippen LogP) is 3.69. The van der Waals surface area contributed by atoms with Crippen LogP contribution < -0.4 is 10.1 Å². The van der Waals surface area contributed by atoms with E-state index in [1.807, 2.05) is 26.0 Å². The first-order valence-electron chi connectivity index (χ1n) is 10.4. The molecule has 0 radical (unpaired) electrons. The van der Waals surface area contributed by atoms with Gasteiger partial charge < -0.3 is 10.1 Å². The fourth-order valence-corrected chi connectivity index (χ4v) is 5.65. The molecule has 1 N–H and O–H groups in total. The lowest BCUT2D eigenvalue weighted by molar-refractivity contribution is -0.126. The van der Waals surface area contributed by atoms with E-state index in [0.29, 0.717) is 43.1 Å². The van der Waals surface area contributed by atoms with Crippen LogP contribution >= 0.6 is 11.6 Å². The lowest BCUT2D eigenvalue weighted by Gasteiger charge is -2.31. The molecule has 0 bridgehead atoms. The Morgan fingerprint density at radius 3 is 2.65 bits per heavy atom. The first-order chi connectivity index (χ1) is 14.7. The average Bonchev–Trinajstić information content (AvgIpc) is 2.70. The fourth-order valence-electron chi connectivity index (χ4n) is 3.84. The molecule has 0 aromatic heterocycles. The van der Waals surface area contributed by atoms with Crippen molar-refractivity contribution in [3.05, 3.63) is 64.2 Å². The van der Waals surface area contributed by atoms with Crippen LogP contribution in [0.4, 0.5) is 0 Å². The number of hydrogen-bond acceptors (Lipinski definition) is 4. The van der Waals surface area contributed by atoms with Crippen molar-refractivity contribution >= 4 is 27.5 Å². The summed E-state index contributed by atoms with van der Waals surface area (Å²) in [4.78, 5) is 12.6. The summed E-state index contributed by atoms with van der Waals surface area (Å²) in [7, 11) is -3.52. The molecule has 3 rings (SSSR count). The molecule has 1 saturated heterocycles. The second-order valence-corrected chi connectivity index (χ2v) is 10.5. The Balaban J connectivity index is 1.49. The second kappa shape index (κ2) is 10.5. The third-order valence-electron chi connectivity index (χ3n) is 5.25. The van der Waals surface area contributed by atoms with Gasteiger partial charge in [0.1, 0.15) is 12.4 Å². The summed E-state index contributed by atoms with van der Waals surface area (Å²) >= 11 is 5.97. The number of hydrogen-bond donors (Lipinski definition) is 1. The molecule has 0 aliphatic carbocycles. The molecular formula is C23H29ClN2O4S. The third-order valence-corrected chi connectivity index (χ3v) is 7.30. The largest absolute Gasteiger partial charge is 0.492 e. The molecular weight excluding hydrogens is 436 g/mol. The number of nitrogens with zero attached hydrogens (tertiary/aromatic N) is 1. The van der Waals surface area contributed by atoms with Crippen LogP contribution in [0.25, 0.3) is 0 Å². The number of piperidine rings is 1. The average molecular weight is 465 g/mol. The summed E-state index contributed by atoms with van der Waals surface area (Å²) in [6.45, 7) is 5.39. The van der Waals surface area contributed by atoms with Gasteiger partial charge >= 0.3 is 0 Å².